The number of carbonyl (C=O) groups is 1. The molecule has 3 rings (SSSR count). The van der Waals surface area contributed by atoms with E-state index in [-0.39, 0.29) is 4.91 Å². The van der Waals surface area contributed by atoms with Crippen LogP contribution in [0.4, 0.5) is 0 Å². The van der Waals surface area contributed by atoms with Crippen LogP contribution in [-0.2, 0) is 11.2 Å². The lowest BCUT2D eigenvalue weighted by molar-refractivity contribution is -0.131. The molecule has 7 heteroatoms. The van der Waals surface area contributed by atoms with Gasteiger partial charge in [-0.15, -0.1) is 5.10 Å². The largest absolute Gasteiger partial charge is 0.493 e. The number of carboxylic acids is 1. The molecule has 0 aliphatic rings. The number of rotatable bonds is 9. The minimum Gasteiger partial charge on any atom is -0.493 e. The zero-order valence-corrected chi connectivity index (χ0v) is 16.8. The highest BCUT2D eigenvalue weighted by Crippen LogP contribution is 2.34. The summed E-state index contributed by atoms with van der Waals surface area (Å²) in [5.74, 6) is 0.372. The molecular formula is C21H23N3O3S. The molecule has 0 aliphatic heterocycles. The van der Waals surface area contributed by atoms with Crippen LogP contribution in [0.3, 0.4) is 0 Å². The van der Waals surface area contributed by atoms with Crippen molar-refractivity contribution in [1.29, 1.82) is 0 Å². The van der Waals surface area contributed by atoms with E-state index in [1.54, 1.807) is 6.08 Å². The quantitative estimate of drug-likeness (QED) is 0.303. The molecule has 1 heterocycles. The summed E-state index contributed by atoms with van der Waals surface area (Å²) in [5.41, 5.74) is 0.755. The molecule has 2 N–H and O–H groups in total. The first-order valence-electron chi connectivity index (χ1n) is 9.31. The van der Waals surface area contributed by atoms with Crippen molar-refractivity contribution in [3.05, 3.63) is 52.7 Å². The monoisotopic (exact) mass is 397 g/mol. The van der Waals surface area contributed by atoms with Crippen LogP contribution in [0.5, 0.6) is 5.75 Å². The van der Waals surface area contributed by atoms with Gasteiger partial charge in [0.05, 0.1) is 6.61 Å². The second kappa shape index (κ2) is 9.41. The fourth-order valence-corrected chi connectivity index (χ4v) is 3.43. The maximum atomic E-state index is 11.9. The molecule has 0 aliphatic carbocycles. The third kappa shape index (κ3) is 4.72. The van der Waals surface area contributed by atoms with Gasteiger partial charge in [0, 0.05) is 12.0 Å². The van der Waals surface area contributed by atoms with Crippen molar-refractivity contribution < 1.29 is 14.6 Å². The molecular weight excluding hydrogens is 374 g/mol. The fourth-order valence-electron chi connectivity index (χ4n) is 2.72. The second-order valence-electron chi connectivity index (χ2n) is 6.23. The number of hydrogen-bond acceptors (Lipinski definition) is 5. The minimum atomic E-state index is -1.03. The van der Waals surface area contributed by atoms with Crippen molar-refractivity contribution in [1.82, 2.24) is 15.2 Å². The third-order valence-electron chi connectivity index (χ3n) is 4.22. The van der Waals surface area contributed by atoms with E-state index in [0.29, 0.717) is 23.9 Å². The van der Waals surface area contributed by atoms with Crippen LogP contribution in [0, 0.1) is 0 Å². The van der Waals surface area contributed by atoms with Crippen LogP contribution in [0.25, 0.3) is 16.8 Å². The number of unbranched alkanes of at least 4 members (excludes halogenated alkanes) is 1. The van der Waals surface area contributed by atoms with E-state index < -0.39 is 5.97 Å². The van der Waals surface area contributed by atoms with E-state index in [9.17, 15) is 9.90 Å². The Morgan fingerprint density at radius 1 is 1.25 bits per heavy atom. The van der Waals surface area contributed by atoms with E-state index in [1.165, 1.54) is 0 Å². The Balaban J connectivity index is 2.03. The first kappa shape index (κ1) is 19.9. The summed E-state index contributed by atoms with van der Waals surface area (Å²) in [6.07, 6.45) is 4.32. The number of nitrogens with zero attached hydrogens (tertiary/aromatic N) is 2. The van der Waals surface area contributed by atoms with Crippen LogP contribution < -0.4 is 4.74 Å². The lowest BCUT2D eigenvalue weighted by atomic mass is 10.0. The van der Waals surface area contributed by atoms with E-state index in [4.69, 9.17) is 4.74 Å². The fraction of sp³-hybridized carbons (Fsp3) is 0.286. The number of aliphatic carboxylic acids is 1. The number of hydrogen-bond donors (Lipinski definition) is 2. The number of aryl methyl sites for hydroxylation is 1. The molecule has 0 saturated heterocycles. The Kier molecular flexibility index (Phi) is 6.71. The van der Waals surface area contributed by atoms with Crippen molar-refractivity contribution in [3.63, 3.8) is 0 Å². The average molecular weight is 398 g/mol. The number of carboxylic acid groups (broad SMARTS) is 1. The highest BCUT2D eigenvalue weighted by molar-refractivity contribution is 8.04. The Morgan fingerprint density at radius 3 is 2.79 bits per heavy atom. The Morgan fingerprint density at radius 2 is 2.07 bits per heavy atom. The molecule has 0 bridgehead atoms. The van der Waals surface area contributed by atoms with Crippen LogP contribution in [0.2, 0.25) is 0 Å². The van der Waals surface area contributed by atoms with Crippen LogP contribution in [0.1, 0.15) is 38.1 Å². The maximum Gasteiger partial charge on any atom is 0.342 e. The number of H-pyrrole nitrogens is 1. The number of aromatic amines is 1. The number of benzene rings is 2. The molecule has 2 aromatic carbocycles. The van der Waals surface area contributed by atoms with E-state index in [2.05, 4.69) is 22.1 Å². The molecule has 6 nitrogen and oxygen atoms in total. The van der Waals surface area contributed by atoms with Crippen LogP contribution in [-0.4, -0.2) is 32.9 Å². The zero-order chi connectivity index (χ0) is 19.9. The first-order valence-corrected chi connectivity index (χ1v) is 10.1. The molecule has 0 unspecified atom stereocenters. The number of ether oxygens (including phenoxy) is 1. The third-order valence-corrected chi connectivity index (χ3v) is 5.10. The molecule has 0 amide bonds. The minimum absolute atomic E-state index is 0.137. The summed E-state index contributed by atoms with van der Waals surface area (Å²) >= 11 is 1.03. The topological polar surface area (TPSA) is 88.1 Å². The first-order chi connectivity index (χ1) is 13.6. The lowest BCUT2D eigenvalue weighted by Gasteiger charge is -2.12. The molecule has 3 aromatic rings. The Hall–Kier alpha value is -2.80. The van der Waals surface area contributed by atoms with E-state index >= 15 is 0 Å². The van der Waals surface area contributed by atoms with E-state index in [1.807, 2.05) is 43.3 Å². The van der Waals surface area contributed by atoms with Gasteiger partial charge in [-0.2, -0.15) is 0 Å². The predicted octanol–water partition coefficient (Wildman–Crippen LogP) is 4.92. The zero-order valence-electron chi connectivity index (χ0n) is 15.9. The van der Waals surface area contributed by atoms with Gasteiger partial charge in [0.2, 0.25) is 5.16 Å². The summed E-state index contributed by atoms with van der Waals surface area (Å²) in [6.45, 7) is 4.65. The SMILES string of the molecule is CCCCOc1ccc2ccccc2c1/C=C(\Sc1n[nH]c(CC)n1)C(=O)O. The van der Waals surface area contributed by atoms with Crippen molar-refractivity contribution in [2.24, 2.45) is 0 Å². The normalized spacial score (nSPS) is 11.7. The van der Waals surface area contributed by atoms with Crippen molar-refractivity contribution >= 4 is 34.6 Å². The summed E-state index contributed by atoms with van der Waals surface area (Å²) in [5, 5.41) is 19.0. The number of nitrogens with one attached hydrogen (secondary N) is 1. The molecule has 0 saturated carbocycles. The molecule has 28 heavy (non-hydrogen) atoms. The van der Waals surface area contributed by atoms with Gasteiger partial charge in [0.15, 0.2) is 0 Å². The number of thioether (sulfide) groups is 1. The number of aromatic nitrogens is 3. The average Bonchev–Trinajstić information content (AvgIpc) is 3.16. The standard InChI is InChI=1S/C21H23N3O3S/c1-3-5-12-27-17-11-10-14-8-6-7-9-15(14)16(17)13-18(20(25)26)28-21-22-19(4-2)23-24-21/h6-11,13H,3-5,12H2,1-2H3,(H,25,26)(H,22,23,24)/b18-13-. The smallest absolute Gasteiger partial charge is 0.342 e. The van der Waals surface area contributed by atoms with Crippen molar-refractivity contribution in [2.45, 2.75) is 38.3 Å². The molecule has 0 fully saturated rings. The van der Waals surface area contributed by atoms with Gasteiger partial charge < -0.3 is 9.84 Å². The van der Waals surface area contributed by atoms with Gasteiger partial charge in [0.25, 0.3) is 0 Å². The molecule has 1 aromatic heterocycles. The molecule has 146 valence electrons. The van der Waals surface area contributed by atoms with Crippen molar-refractivity contribution in [3.8, 4) is 5.75 Å². The Bertz CT molecular complexity index is 997. The lowest BCUT2D eigenvalue weighted by Crippen LogP contribution is -2.01. The van der Waals surface area contributed by atoms with Crippen LogP contribution >= 0.6 is 11.8 Å². The molecule has 0 radical (unpaired) electrons. The summed E-state index contributed by atoms with van der Waals surface area (Å²) in [6, 6.07) is 11.8. The van der Waals surface area contributed by atoms with Gasteiger partial charge >= 0.3 is 5.97 Å². The van der Waals surface area contributed by atoms with Gasteiger partial charge in [-0.05, 0) is 41.1 Å². The van der Waals surface area contributed by atoms with Crippen molar-refractivity contribution in [2.75, 3.05) is 6.61 Å². The van der Waals surface area contributed by atoms with Gasteiger partial charge in [-0.25, -0.2) is 9.78 Å². The highest BCUT2D eigenvalue weighted by atomic mass is 32.2. The van der Waals surface area contributed by atoms with E-state index in [0.717, 1.165) is 46.8 Å². The predicted molar refractivity (Wildman–Crippen MR) is 112 cm³/mol. The highest BCUT2D eigenvalue weighted by Gasteiger charge is 2.16. The summed E-state index contributed by atoms with van der Waals surface area (Å²) in [7, 11) is 0. The summed E-state index contributed by atoms with van der Waals surface area (Å²) < 4.78 is 5.95. The van der Waals surface area contributed by atoms with Gasteiger partial charge in [-0.3, -0.25) is 5.10 Å². The van der Waals surface area contributed by atoms with Gasteiger partial charge in [-0.1, -0.05) is 50.6 Å². The maximum absolute atomic E-state index is 11.9. The summed E-state index contributed by atoms with van der Waals surface area (Å²) in [4.78, 5) is 16.3. The second-order valence-corrected chi connectivity index (χ2v) is 7.24. The molecule has 0 atom stereocenters. The van der Waals surface area contributed by atoms with Gasteiger partial charge in [0.1, 0.15) is 16.5 Å². The molecule has 0 spiro atoms. The van der Waals surface area contributed by atoms with Crippen LogP contribution in [0.15, 0.2) is 46.5 Å². The Labute approximate surface area is 168 Å². The number of fused-ring (bicyclic) bond motifs is 1.